The minimum atomic E-state index is 0.0260. The van der Waals surface area contributed by atoms with Gasteiger partial charge in [0.05, 0.1) is 0 Å². The van der Waals surface area contributed by atoms with Crippen molar-refractivity contribution in [2.45, 2.75) is 31.3 Å². The number of carbonyl (C=O) groups is 1. The molecule has 3 atom stereocenters. The van der Waals surface area contributed by atoms with E-state index in [-0.39, 0.29) is 11.8 Å². The van der Waals surface area contributed by atoms with E-state index in [1.807, 2.05) is 35.2 Å². The number of carbonyl (C=O) groups excluding carboxylic acids is 1. The lowest BCUT2D eigenvalue weighted by Crippen LogP contribution is -2.59. The summed E-state index contributed by atoms with van der Waals surface area (Å²) < 4.78 is 0. The van der Waals surface area contributed by atoms with Crippen molar-refractivity contribution in [1.82, 2.24) is 4.90 Å². The second-order valence-corrected chi connectivity index (χ2v) is 6.23. The van der Waals surface area contributed by atoms with Gasteiger partial charge in [0.1, 0.15) is 5.88 Å². The van der Waals surface area contributed by atoms with E-state index < -0.39 is 0 Å². The van der Waals surface area contributed by atoms with Crippen LogP contribution < -0.4 is 4.90 Å². The fourth-order valence-corrected chi connectivity index (χ4v) is 3.94. The van der Waals surface area contributed by atoms with Gasteiger partial charge in [-0.1, -0.05) is 18.2 Å². The van der Waals surface area contributed by atoms with Gasteiger partial charge in [-0.3, -0.25) is 4.79 Å². The highest BCUT2D eigenvalue weighted by Crippen LogP contribution is 2.38. The Morgan fingerprint density at radius 3 is 2.65 bits per heavy atom. The number of fused-ring (bicyclic) bond motifs is 3. The highest BCUT2D eigenvalue weighted by molar-refractivity contribution is 6.29. The number of hydrogen-bond acceptors (Lipinski definition) is 2. The van der Waals surface area contributed by atoms with E-state index in [9.17, 15) is 4.79 Å². The van der Waals surface area contributed by atoms with Gasteiger partial charge in [0.15, 0.2) is 0 Å². The van der Waals surface area contributed by atoms with Gasteiger partial charge in [-0.15, -0.1) is 11.6 Å². The summed E-state index contributed by atoms with van der Waals surface area (Å²) >= 11 is 5.85. The summed E-state index contributed by atoms with van der Waals surface area (Å²) in [5.74, 6) is 0.647. The predicted molar refractivity (Wildman–Crippen MR) is 82.2 cm³/mol. The molecule has 0 N–H and O–H groups in total. The molecule has 1 aromatic rings. The molecule has 2 bridgehead atoms. The Labute approximate surface area is 125 Å². The molecule has 2 saturated heterocycles. The molecule has 108 valence electrons. The van der Waals surface area contributed by atoms with Crippen LogP contribution in [0.25, 0.3) is 0 Å². The lowest BCUT2D eigenvalue weighted by molar-refractivity contribution is -0.117. The first kappa shape index (κ1) is 13.9. The molecule has 20 heavy (non-hydrogen) atoms. The van der Waals surface area contributed by atoms with Gasteiger partial charge in [-0.2, -0.15) is 0 Å². The Morgan fingerprint density at radius 1 is 1.35 bits per heavy atom. The third kappa shape index (κ3) is 2.45. The number of halogens is 1. The Balaban J connectivity index is 1.89. The van der Waals surface area contributed by atoms with E-state index in [1.165, 1.54) is 12.8 Å². The summed E-state index contributed by atoms with van der Waals surface area (Å²) in [5.41, 5.74) is 0.985. The van der Waals surface area contributed by atoms with Crippen molar-refractivity contribution in [3.05, 3.63) is 30.3 Å². The molecule has 1 aromatic carbocycles. The van der Waals surface area contributed by atoms with Crippen molar-refractivity contribution in [2.24, 2.45) is 5.92 Å². The Bertz CT molecular complexity index is 479. The number of piperidine rings is 2. The Hall–Kier alpha value is -1.06. The van der Waals surface area contributed by atoms with Crippen molar-refractivity contribution >= 4 is 23.2 Å². The van der Waals surface area contributed by atoms with Gasteiger partial charge < -0.3 is 9.80 Å². The fraction of sp³-hybridized carbons (Fsp3) is 0.562. The van der Waals surface area contributed by atoms with Gasteiger partial charge in [-0.25, -0.2) is 0 Å². The van der Waals surface area contributed by atoms with E-state index in [1.54, 1.807) is 0 Å². The van der Waals surface area contributed by atoms with Crippen LogP contribution in [0, 0.1) is 5.92 Å². The molecule has 1 amide bonds. The van der Waals surface area contributed by atoms with E-state index in [0.29, 0.717) is 18.0 Å². The largest absolute Gasteiger partial charge is 0.308 e. The van der Waals surface area contributed by atoms with Gasteiger partial charge >= 0.3 is 0 Å². The van der Waals surface area contributed by atoms with Crippen molar-refractivity contribution in [1.29, 1.82) is 0 Å². The van der Waals surface area contributed by atoms with Crippen molar-refractivity contribution in [3.63, 3.8) is 0 Å². The maximum Gasteiger partial charge on any atom is 0.242 e. The maximum absolute atomic E-state index is 12.3. The third-order valence-electron chi connectivity index (χ3n) is 4.82. The molecule has 0 spiro atoms. The zero-order valence-corrected chi connectivity index (χ0v) is 12.6. The van der Waals surface area contributed by atoms with Crippen LogP contribution >= 0.6 is 11.6 Å². The van der Waals surface area contributed by atoms with E-state index >= 15 is 0 Å². The van der Waals surface area contributed by atoms with Gasteiger partial charge in [0.2, 0.25) is 5.91 Å². The van der Waals surface area contributed by atoms with E-state index in [2.05, 4.69) is 11.9 Å². The molecule has 1 aliphatic carbocycles. The molecule has 2 aliphatic heterocycles. The van der Waals surface area contributed by atoms with E-state index in [4.69, 9.17) is 11.6 Å². The first-order valence-corrected chi connectivity index (χ1v) is 7.87. The van der Waals surface area contributed by atoms with Crippen LogP contribution in [0.15, 0.2) is 30.3 Å². The number of amides is 1. The van der Waals surface area contributed by atoms with Crippen molar-refractivity contribution in [2.75, 3.05) is 24.4 Å². The molecule has 3 unspecified atom stereocenters. The zero-order chi connectivity index (χ0) is 14.1. The molecule has 2 heterocycles. The smallest absolute Gasteiger partial charge is 0.242 e. The van der Waals surface area contributed by atoms with Crippen LogP contribution in [-0.4, -0.2) is 42.4 Å². The molecule has 3 aliphatic rings. The number of alkyl halides is 1. The van der Waals surface area contributed by atoms with Crippen LogP contribution in [-0.2, 0) is 4.79 Å². The molecular formula is C16H21ClN2O. The first-order valence-electron chi connectivity index (χ1n) is 7.34. The lowest BCUT2D eigenvalue weighted by atomic mass is 9.75. The van der Waals surface area contributed by atoms with Crippen molar-refractivity contribution in [3.8, 4) is 0 Å². The minimum absolute atomic E-state index is 0.0260. The number of benzene rings is 1. The molecule has 3 fully saturated rings. The van der Waals surface area contributed by atoms with Crippen LogP contribution in [0.1, 0.15) is 19.3 Å². The first-order chi connectivity index (χ1) is 9.70. The molecule has 4 heteroatoms. The fourth-order valence-electron chi connectivity index (χ4n) is 3.81. The average molecular weight is 293 g/mol. The normalized spacial score (nSPS) is 29.4. The number of para-hydroxylation sites is 1. The standard InChI is InChI=1S/C16H21ClN2O/c1-18-11-12-7-8-14(18)9-15(12)19(16(20)10-17)13-5-3-2-4-6-13/h2-6,12,14-15H,7-11H2,1H3. The molecule has 4 rings (SSSR count). The third-order valence-corrected chi connectivity index (χ3v) is 5.05. The highest BCUT2D eigenvalue weighted by Gasteiger charge is 2.43. The molecule has 0 aromatic heterocycles. The van der Waals surface area contributed by atoms with Gasteiger partial charge in [0.25, 0.3) is 0 Å². The molecule has 1 saturated carbocycles. The van der Waals surface area contributed by atoms with Gasteiger partial charge in [0, 0.05) is 24.3 Å². The SMILES string of the molecule is CN1CC2CCC1CC2N(C(=O)CCl)c1ccccc1. The molecular weight excluding hydrogens is 272 g/mol. The summed E-state index contributed by atoms with van der Waals surface area (Å²) in [6.07, 6.45) is 3.55. The number of nitrogens with zero attached hydrogens (tertiary/aromatic N) is 2. The highest BCUT2D eigenvalue weighted by atomic mass is 35.5. The quantitative estimate of drug-likeness (QED) is 0.800. The monoisotopic (exact) mass is 292 g/mol. The second-order valence-electron chi connectivity index (χ2n) is 5.97. The van der Waals surface area contributed by atoms with Crippen LogP contribution in [0.5, 0.6) is 0 Å². The summed E-state index contributed by atoms with van der Waals surface area (Å²) in [6, 6.07) is 10.9. The number of rotatable bonds is 3. The summed E-state index contributed by atoms with van der Waals surface area (Å²) in [4.78, 5) is 16.7. The van der Waals surface area contributed by atoms with Crippen molar-refractivity contribution < 1.29 is 4.79 Å². The average Bonchev–Trinajstić information content (AvgIpc) is 2.49. The Kier molecular flexibility index (Phi) is 3.99. The van der Waals surface area contributed by atoms with Crippen LogP contribution in [0.4, 0.5) is 5.69 Å². The zero-order valence-electron chi connectivity index (χ0n) is 11.8. The second kappa shape index (κ2) is 5.74. The van der Waals surface area contributed by atoms with E-state index in [0.717, 1.165) is 18.7 Å². The summed E-state index contributed by atoms with van der Waals surface area (Å²) in [7, 11) is 2.20. The maximum atomic E-state index is 12.3. The van der Waals surface area contributed by atoms with Crippen LogP contribution in [0.2, 0.25) is 0 Å². The molecule has 3 nitrogen and oxygen atoms in total. The number of hydrogen-bond donors (Lipinski definition) is 0. The van der Waals surface area contributed by atoms with Crippen LogP contribution in [0.3, 0.4) is 0 Å². The Morgan fingerprint density at radius 2 is 2.10 bits per heavy atom. The number of anilines is 1. The minimum Gasteiger partial charge on any atom is -0.308 e. The predicted octanol–water partition coefficient (Wildman–Crippen LogP) is 2.74. The summed E-state index contributed by atoms with van der Waals surface area (Å²) in [5, 5.41) is 0. The lowest BCUT2D eigenvalue weighted by Gasteiger charge is -2.51. The molecule has 0 radical (unpaired) electrons. The topological polar surface area (TPSA) is 23.6 Å². The van der Waals surface area contributed by atoms with Gasteiger partial charge in [-0.05, 0) is 44.4 Å². The summed E-state index contributed by atoms with van der Waals surface area (Å²) in [6.45, 7) is 1.09.